The number of phenols is 1. The minimum Gasteiger partial charge on any atom is -0.504 e. The van der Waals surface area contributed by atoms with Gasteiger partial charge in [-0.05, 0) is 24.6 Å². The lowest BCUT2D eigenvalue weighted by molar-refractivity contribution is 0.101. The molecule has 3 nitrogen and oxygen atoms in total. The Morgan fingerprint density at radius 3 is 2.50 bits per heavy atom. The molecule has 0 aromatic heterocycles. The number of carbonyl (C=O) groups is 1. The molecular weight excluding hydrogens is 228 g/mol. The van der Waals surface area contributed by atoms with E-state index in [9.17, 15) is 9.90 Å². The summed E-state index contributed by atoms with van der Waals surface area (Å²) in [6.07, 6.45) is 0. The highest BCUT2D eigenvalue weighted by Crippen LogP contribution is 2.30. The van der Waals surface area contributed by atoms with Crippen molar-refractivity contribution in [3.05, 3.63) is 59.7 Å². The summed E-state index contributed by atoms with van der Waals surface area (Å²) in [7, 11) is 0. The second-order valence-corrected chi connectivity index (χ2v) is 3.98. The predicted molar refractivity (Wildman–Crippen MR) is 68.9 cm³/mol. The van der Waals surface area contributed by atoms with Crippen LogP contribution >= 0.6 is 0 Å². The zero-order valence-corrected chi connectivity index (χ0v) is 10.1. The van der Waals surface area contributed by atoms with Gasteiger partial charge in [0.1, 0.15) is 6.61 Å². The van der Waals surface area contributed by atoms with E-state index in [4.69, 9.17) is 4.74 Å². The molecule has 2 aromatic carbocycles. The molecule has 0 aliphatic carbocycles. The molecule has 2 aromatic rings. The number of rotatable bonds is 4. The number of ketones is 1. The van der Waals surface area contributed by atoms with Gasteiger partial charge in [-0.15, -0.1) is 0 Å². The monoisotopic (exact) mass is 242 g/mol. The number of ether oxygens (including phenoxy) is 1. The van der Waals surface area contributed by atoms with Crippen LogP contribution in [-0.2, 0) is 6.61 Å². The van der Waals surface area contributed by atoms with Crippen molar-refractivity contribution in [1.29, 1.82) is 0 Å². The molecule has 0 saturated heterocycles. The minimum atomic E-state index is -0.131. The van der Waals surface area contributed by atoms with Crippen LogP contribution in [0.15, 0.2) is 48.5 Å². The second kappa shape index (κ2) is 5.36. The third-order valence-electron chi connectivity index (χ3n) is 2.60. The average molecular weight is 242 g/mol. The summed E-state index contributed by atoms with van der Waals surface area (Å²) in [6, 6.07) is 14.4. The van der Waals surface area contributed by atoms with Gasteiger partial charge in [0.05, 0.1) is 5.56 Å². The summed E-state index contributed by atoms with van der Waals surface area (Å²) in [5.74, 6) is 0.0986. The van der Waals surface area contributed by atoms with Crippen molar-refractivity contribution in [2.75, 3.05) is 0 Å². The summed E-state index contributed by atoms with van der Waals surface area (Å²) >= 11 is 0. The van der Waals surface area contributed by atoms with Crippen molar-refractivity contribution in [3.63, 3.8) is 0 Å². The number of aromatic hydroxyl groups is 1. The van der Waals surface area contributed by atoms with E-state index in [2.05, 4.69) is 0 Å². The van der Waals surface area contributed by atoms with Crippen LogP contribution in [0.2, 0.25) is 0 Å². The molecule has 0 unspecified atom stereocenters. The normalized spacial score (nSPS) is 10.1. The maximum Gasteiger partial charge on any atom is 0.172 e. The number of hydrogen-bond donors (Lipinski definition) is 1. The molecule has 92 valence electrons. The Labute approximate surface area is 106 Å². The quantitative estimate of drug-likeness (QED) is 0.837. The molecule has 2 rings (SSSR count). The van der Waals surface area contributed by atoms with Crippen LogP contribution in [0.5, 0.6) is 11.5 Å². The Hall–Kier alpha value is -2.29. The number of phenolic OH excluding ortho intramolecular Hbond substituents is 1. The highest BCUT2D eigenvalue weighted by Gasteiger charge is 2.12. The number of carbonyl (C=O) groups excluding carboxylic acids is 1. The zero-order valence-electron chi connectivity index (χ0n) is 10.1. The summed E-state index contributed by atoms with van der Waals surface area (Å²) in [5, 5.41) is 9.74. The van der Waals surface area contributed by atoms with Gasteiger partial charge in [0, 0.05) is 0 Å². The van der Waals surface area contributed by atoms with E-state index in [0.717, 1.165) is 5.56 Å². The summed E-state index contributed by atoms with van der Waals surface area (Å²) < 4.78 is 5.54. The summed E-state index contributed by atoms with van der Waals surface area (Å²) in [4.78, 5) is 11.4. The van der Waals surface area contributed by atoms with E-state index in [-0.39, 0.29) is 17.3 Å². The molecule has 0 fully saturated rings. The first-order valence-electron chi connectivity index (χ1n) is 5.68. The first-order valence-corrected chi connectivity index (χ1v) is 5.68. The molecule has 0 radical (unpaired) electrons. The van der Waals surface area contributed by atoms with Gasteiger partial charge in [0.2, 0.25) is 0 Å². The van der Waals surface area contributed by atoms with E-state index in [0.29, 0.717) is 12.2 Å². The van der Waals surface area contributed by atoms with Crippen LogP contribution in [0.1, 0.15) is 22.8 Å². The van der Waals surface area contributed by atoms with Gasteiger partial charge in [0.25, 0.3) is 0 Å². The molecule has 18 heavy (non-hydrogen) atoms. The molecular formula is C15H14O3. The lowest BCUT2D eigenvalue weighted by Gasteiger charge is -2.11. The van der Waals surface area contributed by atoms with Gasteiger partial charge in [-0.3, -0.25) is 4.79 Å². The van der Waals surface area contributed by atoms with E-state index in [1.54, 1.807) is 12.1 Å². The molecule has 0 saturated carbocycles. The third kappa shape index (κ3) is 2.69. The van der Waals surface area contributed by atoms with Gasteiger partial charge in [0.15, 0.2) is 17.3 Å². The van der Waals surface area contributed by atoms with Gasteiger partial charge in [-0.2, -0.15) is 0 Å². The largest absolute Gasteiger partial charge is 0.504 e. The maximum atomic E-state index is 11.4. The molecule has 0 amide bonds. The number of benzene rings is 2. The smallest absolute Gasteiger partial charge is 0.172 e. The Morgan fingerprint density at radius 1 is 1.11 bits per heavy atom. The molecule has 0 atom stereocenters. The van der Waals surface area contributed by atoms with Crippen molar-refractivity contribution in [2.24, 2.45) is 0 Å². The fourth-order valence-electron chi connectivity index (χ4n) is 1.68. The highest BCUT2D eigenvalue weighted by atomic mass is 16.5. The molecule has 0 spiro atoms. The molecule has 3 heteroatoms. The Morgan fingerprint density at radius 2 is 1.83 bits per heavy atom. The molecule has 0 aliphatic rings. The molecule has 0 aliphatic heterocycles. The Balaban J connectivity index is 2.21. The van der Waals surface area contributed by atoms with Crippen molar-refractivity contribution >= 4 is 5.78 Å². The van der Waals surface area contributed by atoms with Gasteiger partial charge >= 0.3 is 0 Å². The fraction of sp³-hybridized carbons (Fsp3) is 0.133. The number of para-hydroxylation sites is 1. The van der Waals surface area contributed by atoms with E-state index >= 15 is 0 Å². The van der Waals surface area contributed by atoms with Gasteiger partial charge in [-0.25, -0.2) is 0 Å². The van der Waals surface area contributed by atoms with Crippen molar-refractivity contribution in [3.8, 4) is 11.5 Å². The molecule has 0 heterocycles. The average Bonchev–Trinajstić information content (AvgIpc) is 2.38. The lowest BCUT2D eigenvalue weighted by atomic mass is 10.1. The van der Waals surface area contributed by atoms with E-state index < -0.39 is 0 Å². The molecule has 0 bridgehead atoms. The Kier molecular flexibility index (Phi) is 3.63. The lowest BCUT2D eigenvalue weighted by Crippen LogP contribution is -2.01. The summed E-state index contributed by atoms with van der Waals surface area (Å²) in [5.41, 5.74) is 1.38. The maximum absolute atomic E-state index is 11.4. The van der Waals surface area contributed by atoms with Crippen LogP contribution in [-0.4, -0.2) is 10.9 Å². The van der Waals surface area contributed by atoms with E-state index in [1.807, 2.05) is 30.3 Å². The van der Waals surface area contributed by atoms with Crippen molar-refractivity contribution in [1.82, 2.24) is 0 Å². The fourth-order valence-corrected chi connectivity index (χ4v) is 1.68. The topological polar surface area (TPSA) is 46.5 Å². The van der Waals surface area contributed by atoms with Gasteiger partial charge in [-0.1, -0.05) is 36.4 Å². The first kappa shape index (κ1) is 12.2. The van der Waals surface area contributed by atoms with Crippen LogP contribution in [0.25, 0.3) is 0 Å². The SMILES string of the molecule is CC(=O)c1cccc(O)c1OCc1ccccc1. The van der Waals surface area contributed by atoms with Crippen molar-refractivity contribution in [2.45, 2.75) is 13.5 Å². The van der Waals surface area contributed by atoms with E-state index in [1.165, 1.54) is 13.0 Å². The second-order valence-electron chi connectivity index (χ2n) is 3.98. The van der Waals surface area contributed by atoms with Crippen LogP contribution in [0.4, 0.5) is 0 Å². The Bertz CT molecular complexity index is 547. The predicted octanol–water partition coefficient (Wildman–Crippen LogP) is 3.17. The van der Waals surface area contributed by atoms with Crippen molar-refractivity contribution < 1.29 is 14.6 Å². The zero-order chi connectivity index (χ0) is 13.0. The number of Topliss-reactive ketones (excluding diaryl/α,β-unsaturated/α-hetero) is 1. The minimum absolute atomic E-state index is 0.0152. The van der Waals surface area contributed by atoms with Crippen LogP contribution in [0, 0.1) is 0 Å². The first-order chi connectivity index (χ1) is 8.68. The number of hydrogen-bond acceptors (Lipinski definition) is 3. The molecule has 1 N–H and O–H groups in total. The standard InChI is InChI=1S/C15H14O3/c1-11(16)13-8-5-9-14(17)15(13)18-10-12-6-3-2-4-7-12/h2-9,17H,10H2,1H3. The highest BCUT2D eigenvalue weighted by molar-refractivity contribution is 5.97. The summed E-state index contributed by atoms with van der Waals surface area (Å²) in [6.45, 7) is 1.77. The van der Waals surface area contributed by atoms with Crippen LogP contribution in [0.3, 0.4) is 0 Å². The van der Waals surface area contributed by atoms with Gasteiger partial charge < -0.3 is 9.84 Å². The van der Waals surface area contributed by atoms with Crippen LogP contribution < -0.4 is 4.74 Å². The third-order valence-corrected chi connectivity index (χ3v) is 2.60.